The highest BCUT2D eigenvalue weighted by atomic mass is 35.5. The normalized spacial score (nSPS) is 17.1. The summed E-state index contributed by atoms with van der Waals surface area (Å²) in [6.45, 7) is 1.10. The van der Waals surface area contributed by atoms with Gasteiger partial charge in [0, 0.05) is 37.2 Å². The van der Waals surface area contributed by atoms with Gasteiger partial charge in [-0.05, 0) is 31.0 Å². The van der Waals surface area contributed by atoms with Crippen LogP contribution in [0.15, 0.2) is 30.6 Å². The van der Waals surface area contributed by atoms with Crippen LogP contribution in [0.1, 0.15) is 12.8 Å². The van der Waals surface area contributed by atoms with Gasteiger partial charge in [-0.2, -0.15) is 0 Å². The van der Waals surface area contributed by atoms with Gasteiger partial charge in [0.1, 0.15) is 5.82 Å². The number of benzene rings is 1. The van der Waals surface area contributed by atoms with Crippen molar-refractivity contribution in [2.45, 2.75) is 18.9 Å². The maximum absolute atomic E-state index is 13.2. The number of hydrogen-bond donors (Lipinski definition) is 2. The molecule has 1 atom stereocenters. The molecule has 3 rings (SSSR count). The third kappa shape index (κ3) is 4.50. The molecule has 2 amide bonds. The number of carbonyl (C=O) groups excluding carboxylic acids is 1. The fourth-order valence-corrected chi connectivity index (χ4v) is 3.46. The monoisotopic (exact) mass is 416 g/mol. The van der Waals surface area contributed by atoms with Gasteiger partial charge in [-0.25, -0.2) is 9.18 Å². The molecule has 1 saturated heterocycles. The van der Waals surface area contributed by atoms with Crippen LogP contribution < -0.4 is 10.6 Å². The number of anilines is 2. The van der Waals surface area contributed by atoms with Crippen molar-refractivity contribution in [2.24, 2.45) is 0 Å². The Balaban J connectivity index is 1.64. The second-order valence-electron chi connectivity index (χ2n) is 5.97. The SMILES string of the molecule is O=C(Nc1ccc(F)c(Cl)c1)N1CCCC(Nc2c(Cl)cncc2Cl)C1. The van der Waals surface area contributed by atoms with Crippen molar-refractivity contribution in [1.29, 1.82) is 0 Å². The van der Waals surface area contributed by atoms with E-state index in [1.165, 1.54) is 30.6 Å². The Morgan fingerprint density at radius 3 is 2.62 bits per heavy atom. The average Bonchev–Trinajstić information content (AvgIpc) is 2.62. The summed E-state index contributed by atoms with van der Waals surface area (Å²) in [7, 11) is 0. The van der Waals surface area contributed by atoms with Gasteiger partial charge in [-0.3, -0.25) is 4.98 Å². The summed E-state index contributed by atoms with van der Waals surface area (Å²) < 4.78 is 13.2. The summed E-state index contributed by atoms with van der Waals surface area (Å²) in [6, 6.07) is 3.79. The van der Waals surface area contributed by atoms with E-state index < -0.39 is 5.82 Å². The molecule has 2 N–H and O–H groups in total. The highest BCUT2D eigenvalue weighted by molar-refractivity contribution is 6.38. The van der Waals surface area contributed by atoms with E-state index in [-0.39, 0.29) is 17.1 Å². The smallest absolute Gasteiger partial charge is 0.321 e. The fraction of sp³-hybridized carbons (Fsp3) is 0.294. The Morgan fingerprint density at radius 2 is 1.92 bits per heavy atom. The largest absolute Gasteiger partial charge is 0.378 e. The molecule has 138 valence electrons. The number of hydrogen-bond acceptors (Lipinski definition) is 3. The van der Waals surface area contributed by atoms with E-state index in [1.54, 1.807) is 4.90 Å². The van der Waals surface area contributed by atoms with E-state index in [1.807, 2.05) is 0 Å². The summed E-state index contributed by atoms with van der Waals surface area (Å²) >= 11 is 18.0. The minimum Gasteiger partial charge on any atom is -0.378 e. The van der Waals surface area contributed by atoms with Crippen LogP contribution in [0.2, 0.25) is 15.1 Å². The molecule has 1 fully saturated rings. The van der Waals surface area contributed by atoms with Crippen molar-refractivity contribution in [3.8, 4) is 0 Å². The molecule has 0 aliphatic carbocycles. The lowest BCUT2D eigenvalue weighted by molar-refractivity contribution is 0.196. The van der Waals surface area contributed by atoms with Crippen LogP contribution in [0, 0.1) is 5.82 Å². The van der Waals surface area contributed by atoms with Gasteiger partial charge in [-0.15, -0.1) is 0 Å². The van der Waals surface area contributed by atoms with Gasteiger partial charge in [0.25, 0.3) is 0 Å². The predicted octanol–water partition coefficient (Wildman–Crippen LogP) is 5.29. The molecule has 0 bridgehead atoms. The Kier molecular flexibility index (Phi) is 6.06. The van der Waals surface area contributed by atoms with Crippen molar-refractivity contribution < 1.29 is 9.18 Å². The molecule has 2 heterocycles. The van der Waals surface area contributed by atoms with Gasteiger partial charge >= 0.3 is 6.03 Å². The van der Waals surface area contributed by atoms with Crippen LogP contribution in [0.25, 0.3) is 0 Å². The number of carbonyl (C=O) groups is 1. The van der Waals surface area contributed by atoms with Crippen LogP contribution in [0.4, 0.5) is 20.6 Å². The molecule has 1 aliphatic rings. The molecular formula is C17H16Cl3FN4O. The first-order valence-electron chi connectivity index (χ1n) is 8.00. The zero-order valence-corrected chi connectivity index (χ0v) is 15.9. The van der Waals surface area contributed by atoms with Gasteiger partial charge in [0.15, 0.2) is 0 Å². The Labute approximate surface area is 165 Å². The minimum absolute atomic E-state index is 0.00343. The summed E-state index contributed by atoms with van der Waals surface area (Å²) in [5.74, 6) is -0.530. The molecule has 26 heavy (non-hydrogen) atoms. The lowest BCUT2D eigenvalue weighted by atomic mass is 10.1. The van der Waals surface area contributed by atoms with Gasteiger partial charge in [-0.1, -0.05) is 34.8 Å². The number of likely N-dealkylation sites (tertiary alicyclic amines) is 1. The molecule has 0 spiro atoms. The maximum atomic E-state index is 13.2. The predicted molar refractivity (Wildman–Crippen MR) is 103 cm³/mol. The van der Waals surface area contributed by atoms with Crippen molar-refractivity contribution in [3.63, 3.8) is 0 Å². The number of rotatable bonds is 3. The van der Waals surface area contributed by atoms with E-state index >= 15 is 0 Å². The number of nitrogens with one attached hydrogen (secondary N) is 2. The first kappa shape index (κ1) is 19.0. The molecule has 5 nitrogen and oxygen atoms in total. The number of piperidine rings is 1. The molecular weight excluding hydrogens is 402 g/mol. The molecule has 0 radical (unpaired) electrons. The highest BCUT2D eigenvalue weighted by Crippen LogP contribution is 2.30. The van der Waals surface area contributed by atoms with E-state index in [4.69, 9.17) is 34.8 Å². The second kappa shape index (κ2) is 8.29. The molecule has 9 heteroatoms. The second-order valence-corrected chi connectivity index (χ2v) is 7.19. The lowest BCUT2D eigenvalue weighted by Crippen LogP contribution is -2.46. The highest BCUT2D eigenvalue weighted by Gasteiger charge is 2.25. The summed E-state index contributed by atoms with van der Waals surface area (Å²) in [4.78, 5) is 18.1. The fourth-order valence-electron chi connectivity index (χ4n) is 2.81. The first-order chi connectivity index (χ1) is 12.4. The van der Waals surface area contributed by atoms with E-state index in [0.29, 0.717) is 34.5 Å². The van der Waals surface area contributed by atoms with Gasteiger partial charge < -0.3 is 15.5 Å². The van der Waals surface area contributed by atoms with Crippen LogP contribution in [-0.4, -0.2) is 35.0 Å². The molecule has 1 aromatic heterocycles. The summed E-state index contributed by atoms with van der Waals surface area (Å²) in [5.41, 5.74) is 1.05. The average molecular weight is 418 g/mol. The van der Waals surface area contributed by atoms with Crippen LogP contribution >= 0.6 is 34.8 Å². The first-order valence-corrected chi connectivity index (χ1v) is 9.14. The topological polar surface area (TPSA) is 57.3 Å². The van der Waals surface area contributed by atoms with E-state index in [2.05, 4.69) is 15.6 Å². The Hall–Kier alpha value is -1.76. The third-order valence-electron chi connectivity index (χ3n) is 4.08. The number of aromatic nitrogens is 1. The van der Waals surface area contributed by atoms with Crippen molar-refractivity contribution in [2.75, 3.05) is 23.7 Å². The molecule has 0 saturated carbocycles. The zero-order valence-electron chi connectivity index (χ0n) is 13.6. The number of nitrogens with zero attached hydrogens (tertiary/aromatic N) is 2. The minimum atomic E-state index is -0.530. The lowest BCUT2D eigenvalue weighted by Gasteiger charge is -2.34. The number of pyridine rings is 1. The number of urea groups is 1. The van der Waals surface area contributed by atoms with Crippen molar-refractivity contribution >= 4 is 52.2 Å². The van der Waals surface area contributed by atoms with E-state index in [9.17, 15) is 9.18 Å². The van der Waals surface area contributed by atoms with Gasteiger partial charge in [0.2, 0.25) is 0 Å². The zero-order chi connectivity index (χ0) is 18.7. The summed E-state index contributed by atoms with van der Waals surface area (Å²) in [5, 5.41) is 6.84. The van der Waals surface area contributed by atoms with Crippen LogP contribution in [-0.2, 0) is 0 Å². The van der Waals surface area contributed by atoms with Crippen LogP contribution in [0.5, 0.6) is 0 Å². The quantitative estimate of drug-likeness (QED) is 0.713. The molecule has 1 aliphatic heterocycles. The molecule has 1 unspecified atom stereocenters. The summed E-state index contributed by atoms with van der Waals surface area (Å²) in [6.07, 6.45) is 4.74. The van der Waals surface area contributed by atoms with Crippen molar-refractivity contribution in [1.82, 2.24) is 9.88 Å². The Bertz CT molecular complexity index is 800. The van der Waals surface area contributed by atoms with E-state index in [0.717, 1.165) is 12.8 Å². The standard InChI is InChI=1S/C17H16Cl3FN4O/c18-12-6-10(3-4-15(12)21)24-17(26)25-5-1-2-11(9-25)23-16-13(19)7-22-8-14(16)20/h3-4,6-8,11H,1-2,5,9H2,(H,22,23)(H,24,26). The number of halogens is 4. The Morgan fingerprint density at radius 1 is 1.19 bits per heavy atom. The molecule has 2 aromatic rings. The van der Waals surface area contributed by atoms with Gasteiger partial charge in [0.05, 0.1) is 20.8 Å². The third-order valence-corrected chi connectivity index (χ3v) is 4.94. The maximum Gasteiger partial charge on any atom is 0.321 e. The van der Waals surface area contributed by atoms with Crippen molar-refractivity contribution in [3.05, 3.63) is 51.5 Å². The van der Waals surface area contributed by atoms with Crippen LogP contribution in [0.3, 0.4) is 0 Å². The number of amides is 2. The molecule has 1 aromatic carbocycles.